The van der Waals surface area contributed by atoms with Gasteiger partial charge in [0.2, 0.25) is 5.91 Å². The number of nitrogens with zero attached hydrogens (tertiary/aromatic N) is 1. The molecule has 1 amide bonds. The van der Waals surface area contributed by atoms with Crippen LogP contribution in [0.5, 0.6) is 0 Å². The second kappa shape index (κ2) is 8.85. The SMILES string of the molecule is Cc1[nH][nH]c(=O)c1CC(=O)NC[C@@H]1CCCN(CCc2ccccc2)C1. The average molecular weight is 356 g/mol. The minimum atomic E-state index is -0.206. The molecule has 1 aliphatic rings. The minimum absolute atomic E-state index is 0.0837. The van der Waals surface area contributed by atoms with Crippen LogP contribution in [0.25, 0.3) is 0 Å². The molecule has 6 nitrogen and oxygen atoms in total. The maximum atomic E-state index is 12.2. The van der Waals surface area contributed by atoms with Crippen molar-refractivity contribution in [1.82, 2.24) is 20.4 Å². The molecule has 3 rings (SSSR count). The summed E-state index contributed by atoms with van der Waals surface area (Å²) in [7, 11) is 0. The fraction of sp³-hybridized carbons (Fsp3) is 0.500. The molecule has 1 atom stereocenters. The van der Waals surface area contributed by atoms with Gasteiger partial charge in [-0.2, -0.15) is 0 Å². The highest BCUT2D eigenvalue weighted by atomic mass is 16.2. The summed E-state index contributed by atoms with van der Waals surface area (Å²) in [6.07, 6.45) is 3.52. The maximum absolute atomic E-state index is 12.2. The highest BCUT2D eigenvalue weighted by Gasteiger charge is 2.20. The van der Waals surface area contributed by atoms with Crippen molar-refractivity contribution in [3.8, 4) is 0 Å². The lowest BCUT2D eigenvalue weighted by atomic mass is 9.97. The van der Waals surface area contributed by atoms with Gasteiger partial charge in [0.25, 0.3) is 5.56 Å². The molecular weight excluding hydrogens is 328 g/mol. The van der Waals surface area contributed by atoms with Gasteiger partial charge in [0.05, 0.1) is 6.42 Å². The fourth-order valence-corrected chi connectivity index (χ4v) is 3.62. The van der Waals surface area contributed by atoms with E-state index in [0.29, 0.717) is 18.0 Å². The van der Waals surface area contributed by atoms with Crippen molar-refractivity contribution in [3.63, 3.8) is 0 Å². The minimum Gasteiger partial charge on any atom is -0.355 e. The van der Waals surface area contributed by atoms with E-state index in [0.717, 1.165) is 38.2 Å². The zero-order valence-corrected chi connectivity index (χ0v) is 15.4. The van der Waals surface area contributed by atoms with E-state index < -0.39 is 0 Å². The lowest BCUT2D eigenvalue weighted by Crippen LogP contribution is -2.42. The van der Waals surface area contributed by atoms with Crippen LogP contribution in [0.15, 0.2) is 35.1 Å². The van der Waals surface area contributed by atoms with Crippen LogP contribution in [0.1, 0.15) is 29.7 Å². The molecule has 0 saturated carbocycles. The zero-order chi connectivity index (χ0) is 18.4. The molecule has 1 aromatic carbocycles. The van der Waals surface area contributed by atoms with E-state index >= 15 is 0 Å². The Labute approximate surface area is 154 Å². The topological polar surface area (TPSA) is 81.0 Å². The van der Waals surface area contributed by atoms with Crippen molar-refractivity contribution in [2.24, 2.45) is 5.92 Å². The molecule has 140 valence electrons. The highest BCUT2D eigenvalue weighted by Crippen LogP contribution is 2.16. The Morgan fingerprint density at radius 1 is 1.27 bits per heavy atom. The second-order valence-corrected chi connectivity index (χ2v) is 7.21. The zero-order valence-electron chi connectivity index (χ0n) is 15.4. The Balaban J connectivity index is 1.42. The molecule has 0 unspecified atom stereocenters. The number of H-pyrrole nitrogens is 2. The van der Waals surface area contributed by atoms with E-state index in [2.05, 4.69) is 44.7 Å². The van der Waals surface area contributed by atoms with Crippen LogP contribution in [0.3, 0.4) is 0 Å². The smallest absolute Gasteiger partial charge is 0.267 e. The van der Waals surface area contributed by atoms with Crippen molar-refractivity contribution < 1.29 is 4.79 Å². The Hall–Kier alpha value is -2.34. The van der Waals surface area contributed by atoms with Gasteiger partial charge in [-0.05, 0) is 44.2 Å². The van der Waals surface area contributed by atoms with Crippen molar-refractivity contribution in [2.45, 2.75) is 32.6 Å². The summed E-state index contributed by atoms with van der Waals surface area (Å²) in [5.41, 5.74) is 2.42. The van der Waals surface area contributed by atoms with Gasteiger partial charge in [0.1, 0.15) is 0 Å². The number of aromatic nitrogens is 2. The lowest BCUT2D eigenvalue weighted by Gasteiger charge is -2.32. The number of carbonyl (C=O) groups is 1. The predicted molar refractivity (Wildman–Crippen MR) is 102 cm³/mol. The van der Waals surface area contributed by atoms with Gasteiger partial charge in [0.15, 0.2) is 0 Å². The molecule has 26 heavy (non-hydrogen) atoms. The number of likely N-dealkylation sites (tertiary alicyclic amines) is 1. The summed E-state index contributed by atoms with van der Waals surface area (Å²) in [6.45, 7) is 5.70. The first-order chi connectivity index (χ1) is 12.6. The molecule has 1 aliphatic heterocycles. The number of nitrogens with one attached hydrogen (secondary N) is 3. The molecule has 2 aromatic rings. The van der Waals surface area contributed by atoms with Crippen molar-refractivity contribution in [1.29, 1.82) is 0 Å². The molecule has 0 bridgehead atoms. The predicted octanol–water partition coefficient (Wildman–Crippen LogP) is 1.62. The van der Waals surface area contributed by atoms with Gasteiger partial charge in [-0.15, -0.1) is 0 Å². The first kappa shape index (κ1) is 18.5. The molecule has 1 saturated heterocycles. The van der Waals surface area contributed by atoms with E-state index in [9.17, 15) is 9.59 Å². The summed E-state index contributed by atoms with van der Waals surface area (Å²) in [5.74, 6) is 0.397. The third-order valence-electron chi connectivity index (χ3n) is 5.18. The van der Waals surface area contributed by atoms with Crippen molar-refractivity contribution >= 4 is 5.91 Å². The van der Waals surface area contributed by atoms with Crippen LogP contribution in [0, 0.1) is 12.8 Å². The van der Waals surface area contributed by atoms with E-state index in [4.69, 9.17) is 0 Å². The van der Waals surface area contributed by atoms with Crippen molar-refractivity contribution in [2.75, 3.05) is 26.2 Å². The third-order valence-corrected chi connectivity index (χ3v) is 5.18. The number of hydrogen-bond donors (Lipinski definition) is 3. The van der Waals surface area contributed by atoms with E-state index in [1.807, 2.05) is 6.07 Å². The summed E-state index contributed by atoms with van der Waals surface area (Å²) < 4.78 is 0. The first-order valence-corrected chi connectivity index (χ1v) is 9.41. The largest absolute Gasteiger partial charge is 0.355 e. The highest BCUT2D eigenvalue weighted by molar-refractivity contribution is 5.78. The Kier molecular flexibility index (Phi) is 6.28. The third kappa shape index (κ3) is 5.08. The summed E-state index contributed by atoms with van der Waals surface area (Å²) in [5, 5.41) is 8.28. The number of aromatic amines is 2. The number of hydrogen-bond acceptors (Lipinski definition) is 3. The Bertz CT molecular complexity index is 766. The molecule has 1 fully saturated rings. The van der Waals surface area contributed by atoms with Crippen LogP contribution >= 0.6 is 0 Å². The summed E-state index contributed by atoms with van der Waals surface area (Å²) >= 11 is 0. The van der Waals surface area contributed by atoms with Gasteiger partial charge in [-0.1, -0.05) is 30.3 Å². The molecule has 0 spiro atoms. The van der Waals surface area contributed by atoms with E-state index in [1.165, 1.54) is 12.0 Å². The second-order valence-electron chi connectivity index (χ2n) is 7.21. The number of amides is 1. The maximum Gasteiger partial charge on any atom is 0.267 e. The summed E-state index contributed by atoms with van der Waals surface area (Å²) in [4.78, 5) is 26.3. The van der Waals surface area contributed by atoms with Crippen LogP contribution in [0.4, 0.5) is 0 Å². The van der Waals surface area contributed by atoms with Gasteiger partial charge < -0.3 is 15.3 Å². The number of rotatable bonds is 7. The molecule has 3 N–H and O–H groups in total. The molecule has 0 radical (unpaired) electrons. The normalized spacial score (nSPS) is 18.0. The monoisotopic (exact) mass is 356 g/mol. The van der Waals surface area contributed by atoms with Gasteiger partial charge in [-0.3, -0.25) is 14.7 Å². The quantitative estimate of drug-likeness (QED) is 0.705. The Morgan fingerprint density at radius 3 is 2.81 bits per heavy atom. The molecule has 2 heterocycles. The number of carbonyl (C=O) groups excluding carboxylic acids is 1. The van der Waals surface area contributed by atoms with Crippen LogP contribution < -0.4 is 10.9 Å². The van der Waals surface area contributed by atoms with Crippen LogP contribution in [-0.4, -0.2) is 47.2 Å². The van der Waals surface area contributed by atoms with Gasteiger partial charge in [-0.25, -0.2) is 0 Å². The molecular formula is C20H28N4O2. The standard InChI is InChI=1S/C20H28N4O2/c1-15-18(20(26)23-22-15)12-19(25)21-13-17-8-5-10-24(14-17)11-9-16-6-3-2-4-7-16/h2-4,6-7,17H,5,8-14H2,1H3,(H,21,25)(H2,22,23,26)/t17-/m0/s1. The van der Waals surface area contributed by atoms with E-state index in [1.54, 1.807) is 6.92 Å². The van der Waals surface area contributed by atoms with E-state index in [-0.39, 0.29) is 17.9 Å². The number of piperidine rings is 1. The summed E-state index contributed by atoms with van der Waals surface area (Å²) in [6, 6.07) is 10.6. The van der Waals surface area contributed by atoms with Crippen LogP contribution in [0.2, 0.25) is 0 Å². The van der Waals surface area contributed by atoms with Gasteiger partial charge in [0, 0.05) is 30.9 Å². The number of benzene rings is 1. The first-order valence-electron chi connectivity index (χ1n) is 9.41. The average Bonchev–Trinajstić information content (AvgIpc) is 2.98. The fourth-order valence-electron chi connectivity index (χ4n) is 3.62. The van der Waals surface area contributed by atoms with Gasteiger partial charge >= 0.3 is 0 Å². The lowest BCUT2D eigenvalue weighted by molar-refractivity contribution is -0.120. The Morgan fingerprint density at radius 2 is 2.08 bits per heavy atom. The molecule has 0 aliphatic carbocycles. The number of aryl methyl sites for hydroxylation is 1. The molecule has 6 heteroatoms. The van der Waals surface area contributed by atoms with Crippen LogP contribution in [-0.2, 0) is 17.6 Å². The molecule has 1 aromatic heterocycles. The van der Waals surface area contributed by atoms with Crippen molar-refractivity contribution in [3.05, 3.63) is 57.5 Å².